The van der Waals surface area contributed by atoms with Crippen molar-refractivity contribution < 1.29 is 0 Å². The number of aromatic nitrogens is 2. The number of likely N-dealkylation sites (tertiary alicyclic amines) is 1. The second-order valence-corrected chi connectivity index (χ2v) is 5.14. The molecule has 0 radical (unpaired) electrons. The Bertz CT molecular complexity index is 358. The highest BCUT2D eigenvalue weighted by atomic mass is 15.2. The van der Waals surface area contributed by atoms with Gasteiger partial charge in [-0.15, -0.1) is 0 Å². The van der Waals surface area contributed by atoms with Gasteiger partial charge >= 0.3 is 0 Å². The molecule has 1 aliphatic rings. The van der Waals surface area contributed by atoms with Crippen LogP contribution in [0.25, 0.3) is 0 Å². The molecule has 1 saturated heterocycles. The minimum atomic E-state index is 0.527. The molecule has 1 aliphatic heterocycles. The van der Waals surface area contributed by atoms with Gasteiger partial charge in [-0.05, 0) is 52.4 Å². The van der Waals surface area contributed by atoms with Gasteiger partial charge in [-0.3, -0.25) is 4.90 Å². The Morgan fingerprint density at radius 3 is 2.89 bits per heavy atom. The molecule has 4 heteroatoms. The van der Waals surface area contributed by atoms with Crippen molar-refractivity contribution in [3.05, 3.63) is 18.2 Å². The second-order valence-electron chi connectivity index (χ2n) is 5.14. The molecule has 1 aromatic heterocycles. The lowest BCUT2D eigenvalue weighted by Gasteiger charge is -2.41. The standard InChI is InChI=1S/C14H26N4/c1-4-17-8-6-7-12(9-15-3)14(17)13-10-16-11-18(13)5-2/h10-12,14-15H,4-9H2,1-3H3. The summed E-state index contributed by atoms with van der Waals surface area (Å²) in [5.41, 5.74) is 1.39. The maximum Gasteiger partial charge on any atom is 0.0948 e. The van der Waals surface area contributed by atoms with Gasteiger partial charge in [-0.25, -0.2) is 4.98 Å². The van der Waals surface area contributed by atoms with Gasteiger partial charge in [0.05, 0.1) is 18.1 Å². The smallest absolute Gasteiger partial charge is 0.0948 e. The van der Waals surface area contributed by atoms with Crippen molar-refractivity contribution in [1.29, 1.82) is 0 Å². The van der Waals surface area contributed by atoms with Crippen molar-refractivity contribution in [2.45, 2.75) is 39.3 Å². The summed E-state index contributed by atoms with van der Waals surface area (Å²) in [6, 6.07) is 0.527. The number of aryl methyl sites for hydroxylation is 1. The third-order valence-corrected chi connectivity index (χ3v) is 4.12. The van der Waals surface area contributed by atoms with Crippen LogP contribution in [0, 0.1) is 5.92 Å². The lowest BCUT2D eigenvalue weighted by Crippen LogP contribution is -2.42. The minimum Gasteiger partial charge on any atom is -0.333 e. The van der Waals surface area contributed by atoms with E-state index in [1.54, 1.807) is 0 Å². The molecule has 1 N–H and O–H groups in total. The average Bonchev–Trinajstić information content (AvgIpc) is 2.86. The van der Waals surface area contributed by atoms with Crippen LogP contribution in [0.15, 0.2) is 12.5 Å². The van der Waals surface area contributed by atoms with E-state index in [1.807, 2.05) is 6.33 Å². The van der Waals surface area contributed by atoms with E-state index in [2.05, 4.69) is 46.9 Å². The van der Waals surface area contributed by atoms with Crippen molar-refractivity contribution in [1.82, 2.24) is 19.8 Å². The fourth-order valence-electron chi connectivity index (χ4n) is 3.25. The van der Waals surface area contributed by atoms with Crippen LogP contribution in [-0.4, -0.2) is 41.1 Å². The Hall–Kier alpha value is -0.870. The monoisotopic (exact) mass is 250 g/mol. The predicted molar refractivity (Wildman–Crippen MR) is 74.5 cm³/mol. The van der Waals surface area contributed by atoms with Crippen LogP contribution in [0.5, 0.6) is 0 Å². The highest BCUT2D eigenvalue weighted by molar-refractivity contribution is 5.09. The quantitative estimate of drug-likeness (QED) is 0.866. The van der Waals surface area contributed by atoms with Gasteiger partial charge in [-0.1, -0.05) is 6.92 Å². The molecule has 1 aromatic rings. The molecule has 4 nitrogen and oxygen atoms in total. The number of rotatable bonds is 5. The molecule has 2 heterocycles. The Labute approximate surface area is 110 Å². The first-order valence-electron chi connectivity index (χ1n) is 7.20. The fourth-order valence-corrected chi connectivity index (χ4v) is 3.25. The molecule has 0 saturated carbocycles. The van der Waals surface area contributed by atoms with Crippen LogP contribution in [0.2, 0.25) is 0 Å². The molecule has 0 amide bonds. The Morgan fingerprint density at radius 2 is 2.22 bits per heavy atom. The predicted octanol–water partition coefficient (Wildman–Crippen LogP) is 1.90. The molecular formula is C14H26N4. The van der Waals surface area contributed by atoms with Crippen molar-refractivity contribution >= 4 is 0 Å². The number of nitrogens with zero attached hydrogens (tertiary/aromatic N) is 3. The van der Waals surface area contributed by atoms with Crippen LogP contribution in [0.4, 0.5) is 0 Å². The molecule has 0 bridgehead atoms. The van der Waals surface area contributed by atoms with E-state index in [0.29, 0.717) is 12.0 Å². The lowest BCUT2D eigenvalue weighted by atomic mass is 9.87. The molecule has 102 valence electrons. The van der Waals surface area contributed by atoms with Gasteiger partial charge in [0, 0.05) is 12.7 Å². The lowest BCUT2D eigenvalue weighted by molar-refractivity contribution is 0.0924. The number of hydrogen-bond acceptors (Lipinski definition) is 3. The van der Waals surface area contributed by atoms with Crippen LogP contribution in [-0.2, 0) is 6.54 Å². The average molecular weight is 250 g/mol. The number of nitrogens with one attached hydrogen (secondary N) is 1. The zero-order chi connectivity index (χ0) is 13.0. The molecule has 2 atom stereocenters. The number of hydrogen-bond donors (Lipinski definition) is 1. The first-order valence-corrected chi connectivity index (χ1v) is 7.20. The highest BCUT2D eigenvalue weighted by Crippen LogP contribution is 2.35. The highest BCUT2D eigenvalue weighted by Gasteiger charge is 2.33. The van der Waals surface area contributed by atoms with Crippen molar-refractivity contribution in [2.24, 2.45) is 5.92 Å². The van der Waals surface area contributed by atoms with Gasteiger partial charge in [-0.2, -0.15) is 0 Å². The van der Waals surface area contributed by atoms with Gasteiger partial charge in [0.2, 0.25) is 0 Å². The van der Waals surface area contributed by atoms with E-state index in [9.17, 15) is 0 Å². The summed E-state index contributed by atoms with van der Waals surface area (Å²) in [7, 11) is 2.05. The Balaban J connectivity index is 2.27. The van der Waals surface area contributed by atoms with Gasteiger partial charge in [0.15, 0.2) is 0 Å². The van der Waals surface area contributed by atoms with Gasteiger partial charge in [0.1, 0.15) is 0 Å². The maximum atomic E-state index is 4.35. The van der Waals surface area contributed by atoms with Crippen LogP contribution in [0.1, 0.15) is 38.4 Å². The third-order valence-electron chi connectivity index (χ3n) is 4.12. The van der Waals surface area contributed by atoms with E-state index in [4.69, 9.17) is 0 Å². The SMILES string of the molecule is CCN1CCCC(CNC)C1c1cncn1CC. The maximum absolute atomic E-state index is 4.35. The molecule has 0 aromatic carbocycles. The molecular weight excluding hydrogens is 224 g/mol. The Kier molecular flexibility index (Phi) is 4.78. The summed E-state index contributed by atoms with van der Waals surface area (Å²) in [6.45, 7) is 8.90. The van der Waals surface area contributed by atoms with Crippen molar-refractivity contribution in [2.75, 3.05) is 26.7 Å². The van der Waals surface area contributed by atoms with Gasteiger partial charge < -0.3 is 9.88 Å². The van der Waals surface area contributed by atoms with Gasteiger partial charge in [0.25, 0.3) is 0 Å². The normalized spacial score (nSPS) is 25.5. The first-order chi connectivity index (χ1) is 8.81. The summed E-state index contributed by atoms with van der Waals surface area (Å²) in [5, 5.41) is 3.36. The molecule has 0 spiro atoms. The van der Waals surface area contributed by atoms with Crippen molar-refractivity contribution in [3.63, 3.8) is 0 Å². The van der Waals surface area contributed by atoms with E-state index < -0.39 is 0 Å². The zero-order valence-corrected chi connectivity index (χ0v) is 11.9. The molecule has 2 rings (SSSR count). The van der Waals surface area contributed by atoms with Crippen molar-refractivity contribution in [3.8, 4) is 0 Å². The van der Waals surface area contributed by atoms with Crippen LogP contribution in [0.3, 0.4) is 0 Å². The van der Waals surface area contributed by atoms with Crippen LogP contribution < -0.4 is 5.32 Å². The number of piperidine rings is 1. The largest absolute Gasteiger partial charge is 0.333 e. The zero-order valence-electron chi connectivity index (χ0n) is 11.9. The number of imidazole rings is 1. The van der Waals surface area contributed by atoms with E-state index >= 15 is 0 Å². The van der Waals surface area contributed by atoms with E-state index in [0.717, 1.165) is 19.6 Å². The molecule has 0 aliphatic carbocycles. The van der Waals surface area contributed by atoms with Crippen LogP contribution >= 0.6 is 0 Å². The summed E-state index contributed by atoms with van der Waals surface area (Å²) < 4.78 is 2.29. The summed E-state index contributed by atoms with van der Waals surface area (Å²) in [6.07, 6.45) is 6.66. The topological polar surface area (TPSA) is 33.1 Å². The van der Waals surface area contributed by atoms with E-state index in [1.165, 1.54) is 25.1 Å². The first kappa shape index (κ1) is 13.6. The fraction of sp³-hybridized carbons (Fsp3) is 0.786. The third kappa shape index (κ3) is 2.59. The summed E-state index contributed by atoms with van der Waals surface area (Å²) in [4.78, 5) is 6.95. The molecule has 1 fully saturated rings. The Morgan fingerprint density at radius 1 is 1.39 bits per heavy atom. The van der Waals surface area contributed by atoms with E-state index in [-0.39, 0.29) is 0 Å². The summed E-state index contributed by atoms with van der Waals surface area (Å²) >= 11 is 0. The second kappa shape index (κ2) is 6.34. The minimum absolute atomic E-state index is 0.527. The molecule has 2 unspecified atom stereocenters. The molecule has 18 heavy (non-hydrogen) atoms. The summed E-state index contributed by atoms with van der Waals surface area (Å²) in [5.74, 6) is 0.700.